The van der Waals surface area contributed by atoms with Gasteiger partial charge in [0.15, 0.2) is 17.3 Å². The molecule has 0 spiro atoms. The van der Waals surface area contributed by atoms with E-state index in [4.69, 9.17) is 9.47 Å². The molecule has 3 aromatic rings. The number of azo groups is 1. The van der Waals surface area contributed by atoms with Gasteiger partial charge >= 0.3 is 0 Å². The van der Waals surface area contributed by atoms with Gasteiger partial charge in [-0.2, -0.15) is 0 Å². The van der Waals surface area contributed by atoms with Crippen molar-refractivity contribution in [3.63, 3.8) is 0 Å². The number of hydrogen-bond donors (Lipinski definition) is 0. The largest absolute Gasteiger partial charge is 0.493 e. The molecule has 2 heterocycles. The highest BCUT2D eigenvalue weighted by molar-refractivity contribution is 5.54. The highest BCUT2D eigenvalue weighted by Crippen LogP contribution is 2.33. The van der Waals surface area contributed by atoms with E-state index in [-0.39, 0.29) is 11.7 Å². The van der Waals surface area contributed by atoms with E-state index in [1.165, 1.54) is 12.3 Å². The van der Waals surface area contributed by atoms with Crippen LogP contribution in [0.2, 0.25) is 0 Å². The number of imidazole rings is 1. The Morgan fingerprint density at radius 1 is 1.04 bits per heavy atom. The van der Waals surface area contributed by atoms with Crippen LogP contribution in [0, 0.1) is 5.82 Å². The molecule has 0 bridgehead atoms. The van der Waals surface area contributed by atoms with E-state index < -0.39 is 0 Å². The van der Waals surface area contributed by atoms with Crippen molar-refractivity contribution in [2.45, 2.75) is 19.8 Å². The molecule has 0 amide bonds. The molecule has 0 saturated carbocycles. The normalized spacial score (nSPS) is 11.6. The molecule has 0 radical (unpaired) electrons. The summed E-state index contributed by atoms with van der Waals surface area (Å²) < 4.78 is 25.7. The van der Waals surface area contributed by atoms with E-state index in [9.17, 15) is 4.39 Å². The maximum absolute atomic E-state index is 13.6. The molecule has 0 aliphatic heterocycles. The third-order valence-electron chi connectivity index (χ3n) is 3.76. The van der Waals surface area contributed by atoms with E-state index in [1.807, 2.05) is 13.8 Å². The second-order valence-electron chi connectivity index (χ2n) is 5.79. The minimum Gasteiger partial charge on any atom is -0.493 e. The van der Waals surface area contributed by atoms with Crippen LogP contribution in [-0.4, -0.2) is 23.6 Å². The van der Waals surface area contributed by atoms with Crippen molar-refractivity contribution in [2.75, 3.05) is 14.2 Å². The second-order valence-corrected chi connectivity index (χ2v) is 5.79. The lowest BCUT2D eigenvalue weighted by atomic mass is 10.1. The van der Waals surface area contributed by atoms with E-state index in [0.29, 0.717) is 28.7 Å². The summed E-state index contributed by atoms with van der Waals surface area (Å²) in [4.78, 5) is 4.52. The van der Waals surface area contributed by atoms with Gasteiger partial charge in [-0.1, -0.05) is 13.8 Å². The standard InChI is InChI=1S/C18H19FN4O2/c1-11(2)17-18(23-10-12(19)5-8-16(23)20-17)22-21-13-6-7-14(24-3)15(9-13)25-4/h5-11H,1-4H3. The Kier molecular flexibility index (Phi) is 4.65. The monoisotopic (exact) mass is 342 g/mol. The predicted molar refractivity (Wildman–Crippen MR) is 93.0 cm³/mol. The van der Waals surface area contributed by atoms with Crippen LogP contribution in [0.4, 0.5) is 15.9 Å². The molecular weight excluding hydrogens is 323 g/mol. The van der Waals surface area contributed by atoms with Gasteiger partial charge in [-0.3, -0.25) is 4.40 Å². The Balaban J connectivity index is 2.06. The molecule has 0 atom stereocenters. The third kappa shape index (κ3) is 3.31. The van der Waals surface area contributed by atoms with Crippen LogP contribution in [0.25, 0.3) is 5.65 Å². The van der Waals surface area contributed by atoms with E-state index in [0.717, 1.165) is 5.69 Å². The smallest absolute Gasteiger partial charge is 0.183 e. The summed E-state index contributed by atoms with van der Waals surface area (Å²) in [6.45, 7) is 4.01. The van der Waals surface area contributed by atoms with Crippen LogP contribution < -0.4 is 9.47 Å². The number of ether oxygens (including phenoxy) is 2. The topological polar surface area (TPSA) is 60.5 Å². The Hall–Kier alpha value is -2.96. The lowest BCUT2D eigenvalue weighted by Gasteiger charge is -2.07. The van der Waals surface area contributed by atoms with Crippen molar-refractivity contribution in [2.24, 2.45) is 10.2 Å². The summed E-state index contributed by atoms with van der Waals surface area (Å²) in [5.41, 5.74) is 1.99. The van der Waals surface area contributed by atoms with Gasteiger partial charge in [0.05, 0.1) is 25.6 Å². The number of benzene rings is 1. The Bertz CT molecular complexity index is 934. The molecule has 7 heteroatoms. The van der Waals surface area contributed by atoms with Crippen LogP contribution in [0.3, 0.4) is 0 Å². The van der Waals surface area contributed by atoms with Gasteiger partial charge in [0, 0.05) is 12.3 Å². The fourth-order valence-corrected chi connectivity index (χ4v) is 2.50. The van der Waals surface area contributed by atoms with E-state index in [1.54, 1.807) is 42.9 Å². The van der Waals surface area contributed by atoms with Crippen LogP contribution in [0.5, 0.6) is 11.5 Å². The molecule has 1 aromatic carbocycles. The maximum Gasteiger partial charge on any atom is 0.183 e. The molecule has 0 aliphatic rings. The first-order chi connectivity index (χ1) is 12.0. The molecule has 3 rings (SSSR count). The van der Waals surface area contributed by atoms with Gasteiger partial charge in [0.25, 0.3) is 0 Å². The van der Waals surface area contributed by atoms with Crippen molar-refractivity contribution in [1.29, 1.82) is 0 Å². The fraction of sp³-hybridized carbons (Fsp3) is 0.278. The summed E-state index contributed by atoms with van der Waals surface area (Å²) in [7, 11) is 3.13. The minimum atomic E-state index is -0.359. The average molecular weight is 342 g/mol. The van der Waals surface area contributed by atoms with Crippen molar-refractivity contribution in [3.8, 4) is 11.5 Å². The van der Waals surface area contributed by atoms with E-state index >= 15 is 0 Å². The van der Waals surface area contributed by atoms with Crippen LogP contribution >= 0.6 is 0 Å². The zero-order valence-electron chi connectivity index (χ0n) is 14.5. The molecule has 6 nitrogen and oxygen atoms in total. The number of aromatic nitrogens is 2. The lowest BCUT2D eigenvalue weighted by molar-refractivity contribution is 0.355. The predicted octanol–water partition coefficient (Wildman–Crippen LogP) is 5.03. The number of fused-ring (bicyclic) bond motifs is 1. The molecule has 0 fully saturated rings. The van der Waals surface area contributed by atoms with Crippen molar-refractivity contribution in [1.82, 2.24) is 9.38 Å². The first kappa shape index (κ1) is 16.9. The van der Waals surface area contributed by atoms with Gasteiger partial charge in [-0.15, -0.1) is 10.2 Å². The first-order valence-corrected chi connectivity index (χ1v) is 7.84. The average Bonchev–Trinajstić information content (AvgIpc) is 2.97. The number of pyridine rings is 1. The first-order valence-electron chi connectivity index (χ1n) is 7.84. The Morgan fingerprint density at radius 3 is 2.48 bits per heavy atom. The summed E-state index contributed by atoms with van der Waals surface area (Å²) in [5, 5.41) is 8.58. The van der Waals surface area contributed by atoms with Crippen LogP contribution in [-0.2, 0) is 0 Å². The quantitative estimate of drug-likeness (QED) is 0.611. The number of halogens is 1. The maximum atomic E-state index is 13.6. The van der Waals surface area contributed by atoms with Crippen LogP contribution in [0.15, 0.2) is 46.8 Å². The molecular formula is C18H19FN4O2. The van der Waals surface area contributed by atoms with Gasteiger partial charge in [0.1, 0.15) is 11.5 Å². The van der Waals surface area contributed by atoms with Gasteiger partial charge in [0.2, 0.25) is 0 Å². The summed E-state index contributed by atoms with van der Waals surface area (Å²) in [6.07, 6.45) is 1.36. The highest BCUT2D eigenvalue weighted by atomic mass is 19.1. The molecule has 130 valence electrons. The van der Waals surface area contributed by atoms with E-state index in [2.05, 4.69) is 15.2 Å². The van der Waals surface area contributed by atoms with Gasteiger partial charge in [-0.05, 0) is 30.2 Å². The second kappa shape index (κ2) is 6.88. The molecule has 2 aromatic heterocycles. The molecule has 0 aliphatic carbocycles. The summed E-state index contributed by atoms with van der Waals surface area (Å²) in [6, 6.07) is 8.24. The molecule has 0 N–H and O–H groups in total. The fourth-order valence-electron chi connectivity index (χ4n) is 2.50. The number of rotatable bonds is 5. The van der Waals surface area contributed by atoms with Gasteiger partial charge in [-0.25, -0.2) is 9.37 Å². The zero-order chi connectivity index (χ0) is 18.0. The highest BCUT2D eigenvalue weighted by Gasteiger charge is 2.15. The zero-order valence-corrected chi connectivity index (χ0v) is 14.5. The molecule has 25 heavy (non-hydrogen) atoms. The third-order valence-corrected chi connectivity index (χ3v) is 3.76. The number of nitrogens with zero attached hydrogens (tertiary/aromatic N) is 4. The number of methoxy groups -OCH3 is 2. The minimum absolute atomic E-state index is 0.127. The Morgan fingerprint density at radius 2 is 1.80 bits per heavy atom. The summed E-state index contributed by atoms with van der Waals surface area (Å²) in [5.74, 6) is 1.46. The lowest BCUT2D eigenvalue weighted by Crippen LogP contribution is -1.89. The Labute approximate surface area is 144 Å². The molecule has 0 saturated heterocycles. The van der Waals surface area contributed by atoms with Crippen molar-refractivity contribution < 1.29 is 13.9 Å². The van der Waals surface area contributed by atoms with Crippen LogP contribution in [0.1, 0.15) is 25.5 Å². The summed E-state index contributed by atoms with van der Waals surface area (Å²) >= 11 is 0. The van der Waals surface area contributed by atoms with Crippen molar-refractivity contribution >= 4 is 17.2 Å². The molecule has 0 unspecified atom stereocenters. The SMILES string of the molecule is COc1ccc(N=Nc2c(C(C)C)nc3ccc(F)cn23)cc1OC. The van der Waals surface area contributed by atoms with Crippen molar-refractivity contribution in [3.05, 3.63) is 48.0 Å². The number of hydrogen-bond acceptors (Lipinski definition) is 5. The van der Waals surface area contributed by atoms with Gasteiger partial charge < -0.3 is 9.47 Å².